The van der Waals surface area contributed by atoms with Crippen molar-refractivity contribution in [2.45, 2.75) is 124 Å². The molecule has 0 bridgehead atoms. The lowest BCUT2D eigenvalue weighted by molar-refractivity contribution is -0.148. The van der Waals surface area contributed by atoms with Gasteiger partial charge in [0.2, 0.25) is 11.8 Å². The number of hydrogen-bond donors (Lipinski definition) is 2. The van der Waals surface area contributed by atoms with Crippen LogP contribution in [0.2, 0.25) is 0 Å². The summed E-state index contributed by atoms with van der Waals surface area (Å²) in [6.07, 6.45) is 5.78. The average Bonchev–Trinajstić information content (AvgIpc) is 2.77. The van der Waals surface area contributed by atoms with E-state index in [-0.39, 0.29) is 23.8 Å². The third-order valence-electron chi connectivity index (χ3n) is 7.20. The van der Waals surface area contributed by atoms with Crippen molar-refractivity contribution in [2.24, 2.45) is 5.92 Å². The Labute approximate surface area is 224 Å². The van der Waals surface area contributed by atoms with Crippen LogP contribution in [-0.2, 0) is 14.3 Å². The lowest BCUT2D eigenvalue weighted by Gasteiger charge is -2.44. The Hall–Kier alpha value is -2.57. The van der Waals surface area contributed by atoms with Crippen LogP contribution in [0.5, 0.6) is 0 Å². The Morgan fingerprint density at radius 2 is 1.78 bits per heavy atom. The maximum Gasteiger partial charge on any atom is 0.408 e. The van der Waals surface area contributed by atoms with Gasteiger partial charge in [-0.1, -0.05) is 63.8 Å². The van der Waals surface area contributed by atoms with Gasteiger partial charge in [-0.2, -0.15) is 0 Å². The summed E-state index contributed by atoms with van der Waals surface area (Å²) >= 11 is 0. The molecule has 0 aromatic heterocycles. The van der Waals surface area contributed by atoms with Crippen LogP contribution in [0.25, 0.3) is 0 Å². The number of benzene rings is 1. The molecular weight excluding hydrogens is 466 g/mol. The molecule has 3 atom stereocenters. The first-order chi connectivity index (χ1) is 17.4. The molecule has 1 aromatic rings. The lowest BCUT2D eigenvalue weighted by atomic mass is 9.86. The maximum atomic E-state index is 14.3. The Kier molecular flexibility index (Phi) is 11.5. The summed E-state index contributed by atoms with van der Waals surface area (Å²) in [5, 5.41) is 5.96. The molecule has 0 heterocycles. The molecule has 2 rings (SSSR count). The van der Waals surface area contributed by atoms with Gasteiger partial charge < -0.3 is 20.3 Å². The van der Waals surface area contributed by atoms with Crippen molar-refractivity contribution in [3.8, 4) is 0 Å². The van der Waals surface area contributed by atoms with E-state index in [0.717, 1.165) is 55.2 Å². The zero-order valence-corrected chi connectivity index (χ0v) is 24.3. The minimum Gasteiger partial charge on any atom is -0.444 e. The van der Waals surface area contributed by atoms with E-state index in [9.17, 15) is 14.4 Å². The van der Waals surface area contributed by atoms with E-state index in [1.54, 1.807) is 25.7 Å². The van der Waals surface area contributed by atoms with Gasteiger partial charge in [0, 0.05) is 12.6 Å². The summed E-state index contributed by atoms with van der Waals surface area (Å²) in [4.78, 5) is 42.6. The summed E-state index contributed by atoms with van der Waals surface area (Å²) < 4.78 is 5.49. The predicted octanol–water partition coefficient (Wildman–Crippen LogP) is 5.97. The molecule has 1 aliphatic carbocycles. The van der Waals surface area contributed by atoms with Crippen molar-refractivity contribution in [3.63, 3.8) is 0 Å². The third kappa shape index (κ3) is 8.75. The van der Waals surface area contributed by atoms with Gasteiger partial charge >= 0.3 is 6.09 Å². The van der Waals surface area contributed by atoms with Crippen molar-refractivity contribution in [1.82, 2.24) is 15.5 Å². The number of carbonyl (C=O) groups excluding carboxylic acids is 3. The minimum atomic E-state index is -0.790. The average molecular weight is 516 g/mol. The van der Waals surface area contributed by atoms with Crippen molar-refractivity contribution in [3.05, 3.63) is 34.9 Å². The number of alkyl carbamates (subject to hydrolysis) is 1. The maximum absolute atomic E-state index is 14.3. The van der Waals surface area contributed by atoms with E-state index < -0.39 is 23.8 Å². The molecule has 0 aliphatic heterocycles. The molecule has 1 aromatic carbocycles. The van der Waals surface area contributed by atoms with Crippen LogP contribution < -0.4 is 10.6 Å². The summed E-state index contributed by atoms with van der Waals surface area (Å²) in [6, 6.07) is 4.43. The molecule has 1 fully saturated rings. The number of aryl methyl sites for hydroxylation is 2. The van der Waals surface area contributed by atoms with Crippen LogP contribution >= 0.6 is 0 Å². The van der Waals surface area contributed by atoms with Gasteiger partial charge in [0.25, 0.3) is 0 Å². The molecule has 1 saturated carbocycles. The molecule has 2 N–H and O–H groups in total. The highest BCUT2D eigenvalue weighted by atomic mass is 16.6. The molecule has 3 amide bonds. The van der Waals surface area contributed by atoms with E-state index in [4.69, 9.17) is 4.74 Å². The van der Waals surface area contributed by atoms with E-state index in [0.29, 0.717) is 13.0 Å². The van der Waals surface area contributed by atoms with Crippen LogP contribution in [0, 0.1) is 19.8 Å². The highest BCUT2D eigenvalue weighted by molar-refractivity contribution is 5.92. The van der Waals surface area contributed by atoms with E-state index >= 15 is 0 Å². The Bertz CT molecular complexity index is 920. The van der Waals surface area contributed by atoms with Crippen LogP contribution in [0.1, 0.15) is 109 Å². The Balaban J connectivity index is 2.49. The van der Waals surface area contributed by atoms with Crippen molar-refractivity contribution in [1.29, 1.82) is 0 Å². The van der Waals surface area contributed by atoms with E-state index in [1.165, 1.54) is 0 Å². The zero-order chi connectivity index (χ0) is 27.8. The molecule has 0 spiro atoms. The first-order valence-corrected chi connectivity index (χ1v) is 14.1. The quantitative estimate of drug-likeness (QED) is 0.336. The number of nitrogens with one attached hydrogen (secondary N) is 2. The first-order valence-electron chi connectivity index (χ1n) is 14.1. The second-order valence-electron chi connectivity index (χ2n) is 11.6. The monoisotopic (exact) mass is 515 g/mol. The lowest BCUT2D eigenvalue weighted by Crippen LogP contribution is -2.59. The van der Waals surface area contributed by atoms with Gasteiger partial charge in [-0.05, 0) is 77.3 Å². The minimum absolute atomic E-state index is 0.0495. The number of amides is 3. The molecular formula is C30H49N3O4. The molecule has 3 unspecified atom stereocenters. The molecule has 208 valence electrons. The Morgan fingerprint density at radius 1 is 1.11 bits per heavy atom. The van der Waals surface area contributed by atoms with Crippen molar-refractivity contribution in [2.75, 3.05) is 6.54 Å². The summed E-state index contributed by atoms with van der Waals surface area (Å²) in [6.45, 7) is 16.1. The topological polar surface area (TPSA) is 87.7 Å². The summed E-state index contributed by atoms with van der Waals surface area (Å²) in [5.41, 5.74) is 2.24. The van der Waals surface area contributed by atoms with Gasteiger partial charge in [-0.25, -0.2) is 4.79 Å². The summed E-state index contributed by atoms with van der Waals surface area (Å²) in [7, 11) is 0. The fraction of sp³-hybridized carbons (Fsp3) is 0.700. The highest BCUT2D eigenvalue weighted by Gasteiger charge is 2.43. The number of carbonyl (C=O) groups is 3. The van der Waals surface area contributed by atoms with Gasteiger partial charge in [-0.3, -0.25) is 9.59 Å². The molecule has 0 saturated heterocycles. The first kappa shape index (κ1) is 30.7. The van der Waals surface area contributed by atoms with Gasteiger partial charge in [0.15, 0.2) is 0 Å². The van der Waals surface area contributed by atoms with Gasteiger partial charge in [-0.15, -0.1) is 0 Å². The molecule has 1 aliphatic rings. The molecule has 37 heavy (non-hydrogen) atoms. The number of unbranched alkanes of at least 4 members (excludes halogenated alkanes) is 2. The largest absolute Gasteiger partial charge is 0.444 e. The highest BCUT2D eigenvalue weighted by Crippen LogP contribution is 2.35. The van der Waals surface area contributed by atoms with Crippen LogP contribution in [-0.4, -0.2) is 47.0 Å². The van der Waals surface area contributed by atoms with Crippen LogP contribution in [0.4, 0.5) is 4.79 Å². The number of nitrogens with zero attached hydrogens (tertiary/aromatic N) is 1. The van der Waals surface area contributed by atoms with Gasteiger partial charge in [0.05, 0.1) is 0 Å². The number of ether oxygens (including phenoxy) is 1. The van der Waals surface area contributed by atoms with Gasteiger partial charge in [0.1, 0.15) is 17.7 Å². The molecule has 7 nitrogen and oxygen atoms in total. The van der Waals surface area contributed by atoms with E-state index in [2.05, 4.69) is 23.6 Å². The fourth-order valence-electron chi connectivity index (χ4n) is 4.69. The molecule has 0 radical (unpaired) electrons. The standard InChI is InChI=1S/C30H49N3O4/c1-9-11-12-18-31-27(34)26(24-17-16-20(3)19-22(24)5)33(23-14-13-15-23)28(35)25(21(4)10-2)32-29(36)37-30(6,7)8/h16-17,19,21,23,25-26H,9-15,18H2,1-8H3,(H,31,34)(H,32,36). The summed E-state index contributed by atoms with van der Waals surface area (Å²) in [5.74, 6) is -0.517. The van der Waals surface area contributed by atoms with Crippen molar-refractivity contribution >= 4 is 17.9 Å². The second-order valence-corrected chi connectivity index (χ2v) is 11.6. The predicted molar refractivity (Wildman–Crippen MR) is 148 cm³/mol. The SMILES string of the molecule is CCCCCNC(=O)C(c1ccc(C)cc1C)N(C(=O)C(NC(=O)OC(C)(C)C)C(C)CC)C1CCC1. The normalized spacial score (nSPS) is 16.2. The fourth-order valence-corrected chi connectivity index (χ4v) is 4.69. The van der Waals surface area contributed by atoms with Crippen molar-refractivity contribution < 1.29 is 19.1 Å². The Morgan fingerprint density at radius 3 is 2.30 bits per heavy atom. The second kappa shape index (κ2) is 13.8. The number of rotatable bonds is 12. The third-order valence-corrected chi connectivity index (χ3v) is 7.20. The number of hydrogen-bond acceptors (Lipinski definition) is 4. The van der Waals surface area contributed by atoms with Crippen LogP contribution in [0.3, 0.4) is 0 Å². The van der Waals surface area contributed by atoms with Crippen LogP contribution in [0.15, 0.2) is 18.2 Å². The zero-order valence-electron chi connectivity index (χ0n) is 24.3. The molecule has 7 heteroatoms. The van der Waals surface area contributed by atoms with E-state index in [1.807, 2.05) is 39.8 Å². The smallest absolute Gasteiger partial charge is 0.408 e.